The first-order chi connectivity index (χ1) is 14.7. The second-order valence-corrected chi connectivity index (χ2v) is 9.01. The zero-order chi connectivity index (χ0) is 22.6. The molecule has 3 aromatic rings. The number of aromatic nitrogens is 1. The zero-order valence-electron chi connectivity index (χ0n) is 17.9. The molecule has 0 aliphatic heterocycles. The Kier molecular flexibility index (Phi) is 6.90. The molecule has 0 spiro atoms. The number of methoxy groups -OCH3 is 1. The third kappa shape index (κ3) is 6.01. The number of H-pyrrole nitrogens is 1. The topological polar surface area (TPSA) is 89.4 Å². The lowest BCUT2D eigenvalue weighted by atomic mass is 10.1. The molecule has 2 N–H and O–H groups in total. The van der Waals surface area contributed by atoms with E-state index in [1.165, 1.54) is 6.21 Å². The Hall–Kier alpha value is -3.00. The number of halogens is 1. The van der Waals surface area contributed by atoms with Crippen molar-refractivity contribution in [1.29, 1.82) is 0 Å². The first-order valence-corrected chi connectivity index (χ1v) is 10.6. The van der Waals surface area contributed by atoms with Crippen molar-refractivity contribution in [3.05, 3.63) is 69.5 Å². The van der Waals surface area contributed by atoms with Crippen LogP contribution in [0, 0.1) is 5.21 Å². The minimum atomic E-state index is -0.669. The van der Waals surface area contributed by atoms with Gasteiger partial charge in [-0.3, -0.25) is 0 Å². The van der Waals surface area contributed by atoms with Crippen molar-refractivity contribution in [2.75, 3.05) is 13.7 Å². The largest absolute Gasteiger partial charge is 0.623 e. The summed E-state index contributed by atoms with van der Waals surface area (Å²) in [5.41, 5.74) is 1.77. The number of aromatic amines is 1. The number of nitrogens with zero attached hydrogens (tertiary/aromatic N) is 1. The van der Waals surface area contributed by atoms with Crippen LogP contribution in [0.15, 0.2) is 53.1 Å². The summed E-state index contributed by atoms with van der Waals surface area (Å²) >= 11 is 3.48. The minimum Gasteiger partial charge on any atom is -0.623 e. The summed E-state index contributed by atoms with van der Waals surface area (Å²) in [6.07, 6.45) is 2.72. The summed E-state index contributed by atoms with van der Waals surface area (Å²) in [5, 5.41) is 16.8. The van der Waals surface area contributed by atoms with E-state index in [0.717, 1.165) is 31.2 Å². The quantitative estimate of drug-likeness (QED) is 0.218. The van der Waals surface area contributed by atoms with Crippen LogP contribution in [0.4, 0.5) is 4.79 Å². The number of amides is 1. The van der Waals surface area contributed by atoms with E-state index < -0.39 is 17.7 Å². The molecule has 0 fully saturated rings. The summed E-state index contributed by atoms with van der Waals surface area (Å²) in [6, 6.07) is 12.3. The van der Waals surface area contributed by atoms with Crippen molar-refractivity contribution in [3.63, 3.8) is 0 Å². The highest BCUT2D eigenvalue weighted by molar-refractivity contribution is 9.10. The number of rotatable bonds is 6. The molecule has 0 aliphatic carbocycles. The molecular formula is C23H26BrN3O4. The first-order valence-electron chi connectivity index (χ1n) is 9.84. The number of hydroxylamine groups is 1. The standard InChI is InChI=1S/C23H26BrN3O4/c1-23(2,3)31-22(28)26-13-21(19-12-25-20-10-7-16(24)11-18(19)20)27(29)14-15-5-8-17(30-4)9-6-15/h5-12,14,21,25H,13H2,1-4H3,(H,26,28). The van der Waals surface area contributed by atoms with Crippen molar-refractivity contribution in [2.24, 2.45) is 0 Å². The number of hydrogen-bond donors (Lipinski definition) is 2. The van der Waals surface area contributed by atoms with E-state index in [4.69, 9.17) is 9.47 Å². The Morgan fingerprint density at radius 3 is 2.61 bits per heavy atom. The fraction of sp³-hybridized carbons (Fsp3) is 0.304. The van der Waals surface area contributed by atoms with Gasteiger partial charge in [0, 0.05) is 32.7 Å². The molecule has 8 heteroatoms. The van der Waals surface area contributed by atoms with Gasteiger partial charge < -0.3 is 25.0 Å². The molecule has 7 nitrogen and oxygen atoms in total. The van der Waals surface area contributed by atoms with Crippen molar-refractivity contribution < 1.29 is 19.0 Å². The predicted octanol–water partition coefficient (Wildman–Crippen LogP) is 5.13. The van der Waals surface area contributed by atoms with Crippen molar-refractivity contribution in [2.45, 2.75) is 32.4 Å². The molecule has 1 unspecified atom stereocenters. The van der Waals surface area contributed by atoms with E-state index in [-0.39, 0.29) is 6.54 Å². The van der Waals surface area contributed by atoms with Gasteiger partial charge in [-0.2, -0.15) is 0 Å². The molecule has 1 amide bonds. The first kappa shape index (κ1) is 22.7. The van der Waals surface area contributed by atoms with Gasteiger partial charge in [0.25, 0.3) is 0 Å². The van der Waals surface area contributed by atoms with Gasteiger partial charge in [-0.15, -0.1) is 0 Å². The summed E-state index contributed by atoms with van der Waals surface area (Å²) in [6.45, 7) is 5.44. The van der Waals surface area contributed by atoms with Crippen molar-refractivity contribution in [3.8, 4) is 5.75 Å². The normalized spacial score (nSPS) is 13.1. The average Bonchev–Trinajstić information content (AvgIpc) is 3.10. The zero-order valence-corrected chi connectivity index (χ0v) is 19.5. The average molecular weight is 488 g/mol. The maximum absolute atomic E-state index is 13.2. The van der Waals surface area contributed by atoms with Gasteiger partial charge in [0.2, 0.25) is 6.04 Å². The number of carbonyl (C=O) groups excluding carboxylic acids is 1. The number of benzene rings is 2. The van der Waals surface area contributed by atoms with Gasteiger partial charge in [-0.25, -0.2) is 9.53 Å². The Morgan fingerprint density at radius 2 is 1.97 bits per heavy atom. The third-order valence-electron chi connectivity index (χ3n) is 4.57. The number of ether oxygens (including phenoxy) is 2. The molecule has 31 heavy (non-hydrogen) atoms. The maximum atomic E-state index is 13.2. The third-order valence-corrected chi connectivity index (χ3v) is 5.07. The van der Waals surface area contributed by atoms with Gasteiger partial charge in [0.1, 0.15) is 11.4 Å². The number of alkyl carbamates (subject to hydrolysis) is 1. The highest BCUT2D eigenvalue weighted by atomic mass is 79.9. The van der Waals surface area contributed by atoms with Crippen LogP contribution in [0.2, 0.25) is 0 Å². The molecule has 0 saturated carbocycles. The van der Waals surface area contributed by atoms with Crippen molar-refractivity contribution in [1.82, 2.24) is 10.3 Å². The fourth-order valence-electron chi connectivity index (χ4n) is 3.15. The molecule has 0 bridgehead atoms. The molecule has 3 rings (SSSR count). The molecular weight excluding hydrogens is 462 g/mol. The molecule has 2 aromatic carbocycles. The second-order valence-electron chi connectivity index (χ2n) is 8.09. The summed E-state index contributed by atoms with van der Waals surface area (Å²) in [4.78, 5) is 15.4. The highest BCUT2D eigenvalue weighted by Gasteiger charge is 2.25. The van der Waals surface area contributed by atoms with Crippen molar-refractivity contribution >= 4 is 39.1 Å². The van der Waals surface area contributed by atoms with Gasteiger partial charge >= 0.3 is 6.09 Å². The van der Waals surface area contributed by atoms with Crippen LogP contribution in [-0.4, -0.2) is 41.3 Å². The van der Waals surface area contributed by atoms with Gasteiger partial charge in [-0.05, 0) is 63.2 Å². The number of fused-ring (bicyclic) bond motifs is 1. The highest BCUT2D eigenvalue weighted by Crippen LogP contribution is 2.28. The van der Waals surface area contributed by atoms with E-state index in [9.17, 15) is 10.0 Å². The monoisotopic (exact) mass is 487 g/mol. The number of nitrogens with one attached hydrogen (secondary N) is 2. The minimum absolute atomic E-state index is 0.0739. The number of hydrogen-bond acceptors (Lipinski definition) is 4. The fourth-order valence-corrected chi connectivity index (χ4v) is 3.51. The summed E-state index contributed by atoms with van der Waals surface area (Å²) < 4.78 is 12.2. The Morgan fingerprint density at radius 1 is 1.26 bits per heavy atom. The second kappa shape index (κ2) is 9.43. The molecule has 1 heterocycles. The summed E-state index contributed by atoms with van der Waals surface area (Å²) in [5.74, 6) is 0.708. The van der Waals surface area contributed by atoms with Crippen LogP contribution >= 0.6 is 15.9 Å². The van der Waals surface area contributed by atoms with E-state index in [2.05, 4.69) is 26.2 Å². The lowest BCUT2D eigenvalue weighted by Crippen LogP contribution is -2.36. The Bertz CT molecular complexity index is 1080. The van der Waals surface area contributed by atoms with E-state index >= 15 is 0 Å². The van der Waals surface area contributed by atoms with Crippen LogP contribution in [-0.2, 0) is 4.74 Å². The van der Waals surface area contributed by atoms with E-state index in [0.29, 0.717) is 5.75 Å². The van der Waals surface area contributed by atoms with Crippen LogP contribution in [0.25, 0.3) is 10.9 Å². The molecule has 1 atom stereocenters. The predicted molar refractivity (Wildman–Crippen MR) is 125 cm³/mol. The molecule has 0 aliphatic rings. The molecule has 164 valence electrons. The van der Waals surface area contributed by atoms with E-state index in [1.807, 2.05) is 18.2 Å². The maximum Gasteiger partial charge on any atom is 0.407 e. The van der Waals surface area contributed by atoms with Gasteiger partial charge in [-0.1, -0.05) is 15.9 Å². The van der Waals surface area contributed by atoms with Gasteiger partial charge in [0.05, 0.1) is 13.7 Å². The lowest BCUT2D eigenvalue weighted by molar-refractivity contribution is -0.500. The van der Waals surface area contributed by atoms with E-state index in [1.54, 1.807) is 58.3 Å². The summed E-state index contributed by atoms with van der Waals surface area (Å²) in [7, 11) is 1.59. The Balaban J connectivity index is 1.93. The van der Waals surface area contributed by atoms with Crippen LogP contribution in [0.1, 0.15) is 37.9 Å². The van der Waals surface area contributed by atoms with Gasteiger partial charge in [0.15, 0.2) is 6.21 Å². The molecule has 1 aromatic heterocycles. The number of carbonyl (C=O) groups is 1. The SMILES string of the molecule is COc1ccc(C=[N+]([O-])C(CNC(=O)OC(C)(C)C)c2c[nH]c3ccc(Br)cc23)cc1. The smallest absolute Gasteiger partial charge is 0.407 e. The molecule has 0 saturated heterocycles. The van der Waals surface area contributed by atoms with Crippen LogP contribution in [0.5, 0.6) is 5.75 Å². The van der Waals surface area contributed by atoms with Crippen LogP contribution in [0.3, 0.4) is 0 Å². The van der Waals surface area contributed by atoms with Crippen LogP contribution < -0.4 is 10.1 Å². The Labute approximate surface area is 189 Å². The molecule has 0 radical (unpaired) electrons. The lowest BCUT2D eigenvalue weighted by Gasteiger charge is -2.22.